The number of nitrogens with one attached hydrogen (secondary N) is 1. The second kappa shape index (κ2) is 32.8. The van der Waals surface area contributed by atoms with E-state index in [4.69, 9.17) is 0 Å². The van der Waals surface area contributed by atoms with Crippen LogP contribution in [0.5, 0.6) is 0 Å². The average molecular weight is 1290 g/mol. The fraction of sp³-hybridized carbons (Fsp3) is 0.464. The van der Waals surface area contributed by atoms with Gasteiger partial charge in [0.2, 0.25) is 30.1 Å². The Labute approximate surface area is 492 Å². The molecule has 3 aliphatic heterocycles. The van der Waals surface area contributed by atoms with E-state index < -0.39 is 30.1 Å². The molecule has 0 saturated carbocycles. The van der Waals surface area contributed by atoms with Gasteiger partial charge in [-0.25, -0.2) is 50.2 Å². The van der Waals surface area contributed by atoms with E-state index in [1.54, 1.807) is 99.9 Å². The number of halogens is 2. The van der Waals surface area contributed by atoms with Crippen molar-refractivity contribution in [3.05, 3.63) is 164 Å². The lowest BCUT2D eigenvalue weighted by atomic mass is 10.2. The Hall–Kier alpha value is -4.73. The Balaban J connectivity index is 0.000000246. The highest BCUT2D eigenvalue weighted by Gasteiger charge is 2.34. The summed E-state index contributed by atoms with van der Waals surface area (Å²) in [6, 6.07) is 27.6. The van der Waals surface area contributed by atoms with Crippen molar-refractivity contribution in [2.75, 3.05) is 78.5 Å². The van der Waals surface area contributed by atoms with Gasteiger partial charge in [-0.2, -0.15) is 12.9 Å². The molecule has 0 spiro atoms. The first-order valence-electron chi connectivity index (χ1n) is 27.2. The van der Waals surface area contributed by atoms with Gasteiger partial charge in [0, 0.05) is 103 Å². The first-order valence-corrected chi connectivity index (χ1v) is 33.1. The lowest BCUT2D eigenvalue weighted by molar-refractivity contribution is 0.141. The van der Waals surface area contributed by atoms with Crippen molar-refractivity contribution in [1.82, 2.24) is 57.5 Å². The molecule has 6 heterocycles. The van der Waals surface area contributed by atoms with Crippen molar-refractivity contribution in [2.45, 2.75) is 109 Å². The zero-order valence-corrected chi connectivity index (χ0v) is 53.6. The van der Waals surface area contributed by atoms with Crippen LogP contribution in [0, 0.1) is 13.8 Å². The molecule has 438 valence electrons. The van der Waals surface area contributed by atoms with Crippen molar-refractivity contribution in [2.24, 2.45) is 0 Å². The molecular formula is C56H80Br2N12O7S3. The van der Waals surface area contributed by atoms with E-state index in [0.29, 0.717) is 104 Å². The molecule has 9 rings (SSSR count). The predicted molar refractivity (Wildman–Crippen MR) is 323 cm³/mol. The normalized spacial score (nSPS) is 17.1. The molecule has 19 nitrogen and oxygen atoms in total. The number of hydrogen-bond acceptors (Lipinski definition) is 15. The van der Waals surface area contributed by atoms with Crippen LogP contribution < -0.4 is 5.56 Å². The Bertz CT molecular complexity index is 3200. The number of aromatic amines is 1. The minimum atomic E-state index is -3.46. The molecule has 0 amide bonds. The van der Waals surface area contributed by atoms with Gasteiger partial charge in [-0.1, -0.05) is 96.1 Å². The topological polar surface area (TPSA) is 219 Å². The van der Waals surface area contributed by atoms with Gasteiger partial charge in [0.15, 0.2) is 0 Å². The van der Waals surface area contributed by atoms with Crippen molar-refractivity contribution in [1.29, 1.82) is 0 Å². The fourth-order valence-corrected chi connectivity index (χ4v) is 13.4. The predicted octanol–water partition coefficient (Wildman–Crippen LogP) is 9.15. The third-order valence-electron chi connectivity index (χ3n) is 13.3. The lowest BCUT2D eigenvalue weighted by Crippen LogP contribution is -2.49. The number of nitrogens with zero attached hydrogens (tertiary/aromatic N) is 11. The van der Waals surface area contributed by atoms with Crippen LogP contribution in [0.15, 0.2) is 144 Å². The average Bonchev–Trinajstić information content (AvgIpc) is 3.50. The molecule has 1 N–H and O–H groups in total. The molecule has 3 aromatic heterocycles. The second-order valence-corrected chi connectivity index (χ2v) is 25.5. The van der Waals surface area contributed by atoms with Crippen LogP contribution in [0.25, 0.3) is 0 Å². The number of aryl methyl sites for hydroxylation is 2. The number of piperazine rings is 3. The summed E-state index contributed by atoms with van der Waals surface area (Å²) in [6.45, 7) is 28.5. The highest BCUT2D eigenvalue weighted by Crippen LogP contribution is 2.26. The maximum Gasteiger partial charge on any atom is 0.265 e. The van der Waals surface area contributed by atoms with Gasteiger partial charge in [0.05, 0.1) is 43.0 Å². The largest absolute Gasteiger partial charge is 0.308 e. The SMILES string of the molecule is CC.CC.CC.CC(c1ncc(Br)c(=O)[nH]1)N1CCN(S(=O)(=O)c2ccccc2)CC1.Cc1ccnc(C(C)N2CCN(S(=O)(=O)c3ccccc3)CC2)n1.Cc1nc(C(C)N2CCN(S(=O)(=O)c3ccccc3)CC2)ncc1Br. The molecule has 3 atom stereocenters. The third kappa shape index (κ3) is 18.1. The van der Waals surface area contributed by atoms with E-state index in [1.807, 2.05) is 80.5 Å². The van der Waals surface area contributed by atoms with Crippen LogP contribution in [0.4, 0.5) is 0 Å². The number of H-pyrrole nitrogens is 1. The number of rotatable bonds is 12. The van der Waals surface area contributed by atoms with Gasteiger partial charge in [-0.05, 0) is 109 Å². The quantitative estimate of drug-likeness (QED) is 0.121. The van der Waals surface area contributed by atoms with Crippen LogP contribution >= 0.6 is 31.9 Å². The monoisotopic (exact) mass is 1290 g/mol. The minimum Gasteiger partial charge on any atom is -0.308 e. The van der Waals surface area contributed by atoms with E-state index in [2.05, 4.69) is 90.3 Å². The summed E-state index contributed by atoms with van der Waals surface area (Å²) in [6.07, 6.45) is 5.02. The molecule has 0 aliphatic carbocycles. The molecule has 0 bridgehead atoms. The Morgan fingerprint density at radius 1 is 0.450 bits per heavy atom. The third-order valence-corrected chi connectivity index (χ3v) is 20.4. The van der Waals surface area contributed by atoms with E-state index in [0.717, 1.165) is 27.5 Å². The molecule has 3 saturated heterocycles. The first-order chi connectivity index (χ1) is 38.3. The molecule has 80 heavy (non-hydrogen) atoms. The van der Waals surface area contributed by atoms with E-state index in [9.17, 15) is 30.0 Å². The lowest BCUT2D eigenvalue weighted by Gasteiger charge is -2.36. The molecule has 6 aromatic rings. The number of sulfonamides is 3. The highest BCUT2D eigenvalue weighted by molar-refractivity contribution is 9.10. The molecule has 3 fully saturated rings. The maximum absolute atomic E-state index is 12.7. The van der Waals surface area contributed by atoms with Gasteiger partial charge >= 0.3 is 0 Å². The Kier molecular flexibility index (Phi) is 27.8. The van der Waals surface area contributed by atoms with Gasteiger partial charge in [-0.15, -0.1) is 0 Å². The zero-order chi connectivity index (χ0) is 59.2. The van der Waals surface area contributed by atoms with E-state index in [-0.39, 0.29) is 23.7 Å². The summed E-state index contributed by atoms with van der Waals surface area (Å²) in [5.74, 6) is 2.13. The highest BCUT2D eigenvalue weighted by atomic mass is 79.9. The van der Waals surface area contributed by atoms with Crippen molar-refractivity contribution in [3.8, 4) is 0 Å². The number of benzene rings is 3. The summed E-state index contributed by atoms with van der Waals surface area (Å²) in [7, 11) is -10.3. The smallest absolute Gasteiger partial charge is 0.265 e. The van der Waals surface area contributed by atoms with Gasteiger partial charge in [0.1, 0.15) is 21.9 Å². The van der Waals surface area contributed by atoms with Gasteiger partial charge in [0.25, 0.3) is 5.56 Å². The van der Waals surface area contributed by atoms with E-state index >= 15 is 0 Å². The fourth-order valence-electron chi connectivity index (χ4n) is 8.66. The Morgan fingerprint density at radius 3 is 1.12 bits per heavy atom. The molecule has 24 heteroatoms. The molecule has 3 aromatic carbocycles. The molecular weight excluding hydrogens is 1210 g/mol. The molecule has 3 unspecified atom stereocenters. The molecule has 0 radical (unpaired) electrons. The zero-order valence-electron chi connectivity index (χ0n) is 47.9. The summed E-state index contributed by atoms with van der Waals surface area (Å²) < 4.78 is 81.9. The number of hydrogen-bond donors (Lipinski definition) is 1. The van der Waals surface area contributed by atoms with Crippen LogP contribution in [-0.2, 0) is 30.1 Å². The van der Waals surface area contributed by atoms with Crippen LogP contribution in [-0.4, -0.2) is 161 Å². The first kappa shape index (κ1) is 67.8. The Morgan fingerprint density at radius 2 is 0.787 bits per heavy atom. The van der Waals surface area contributed by atoms with Gasteiger partial charge in [-0.3, -0.25) is 19.5 Å². The molecule has 3 aliphatic rings. The summed E-state index contributed by atoms with van der Waals surface area (Å²) >= 11 is 6.55. The van der Waals surface area contributed by atoms with Crippen molar-refractivity contribution in [3.63, 3.8) is 0 Å². The minimum absolute atomic E-state index is 0.0494. The van der Waals surface area contributed by atoms with Gasteiger partial charge < -0.3 is 4.98 Å². The second-order valence-electron chi connectivity index (χ2n) is 18.0. The van der Waals surface area contributed by atoms with Crippen molar-refractivity contribution < 1.29 is 25.3 Å². The summed E-state index contributed by atoms with van der Waals surface area (Å²) in [5.41, 5.74) is 1.63. The van der Waals surface area contributed by atoms with Crippen LogP contribution in [0.1, 0.15) is 109 Å². The standard InChI is InChI=1S/C17H21BrN4O2S.C17H22N4O2S.C16H19BrN4O3S.3C2H6/c1-13-16(18)12-19-17(20-13)14(2)21-8-10-22(11-9-21)25(23,24)15-6-4-3-5-7-15;1-14-8-9-18-17(19-14)15(2)20-10-12-21(13-11-20)24(22,23)16-6-4-3-5-7-16;1-12(15-18-11-14(17)16(22)19-15)20-7-9-21(10-8-20)25(23,24)13-5-3-2-4-6-13;3*1-2/h3-7,12,14H,8-11H2,1-2H3;3-9,15H,10-13H2,1-2H3;2-6,11-12H,7-10H2,1H3,(H,18,19,22);3*1-2H3. The summed E-state index contributed by atoms with van der Waals surface area (Å²) in [4.78, 5) is 44.1. The van der Waals surface area contributed by atoms with Crippen molar-refractivity contribution >= 4 is 61.9 Å². The number of aromatic nitrogens is 6. The van der Waals surface area contributed by atoms with Crippen LogP contribution in [0.3, 0.4) is 0 Å². The van der Waals surface area contributed by atoms with Crippen LogP contribution in [0.2, 0.25) is 0 Å². The summed E-state index contributed by atoms with van der Waals surface area (Å²) in [5, 5.41) is 0. The maximum atomic E-state index is 12.7. The van der Waals surface area contributed by atoms with E-state index in [1.165, 1.54) is 10.5 Å².